The molecule has 3 N–H and O–H groups in total. The number of amides is 1. The summed E-state index contributed by atoms with van der Waals surface area (Å²) in [4.78, 5) is 15.7. The van der Waals surface area contributed by atoms with Gasteiger partial charge in [0.05, 0.1) is 10.6 Å². The number of carbonyl (C=O) groups is 1. The molecule has 1 amide bonds. The number of primary amides is 1. The third-order valence-corrected chi connectivity index (χ3v) is 5.80. The molecule has 0 fully saturated rings. The molecule has 0 saturated heterocycles. The Bertz CT molecular complexity index is 1030. The summed E-state index contributed by atoms with van der Waals surface area (Å²) in [7, 11) is -3.86. The highest BCUT2D eigenvalue weighted by molar-refractivity contribution is 7.93. The van der Waals surface area contributed by atoms with E-state index in [2.05, 4.69) is 9.71 Å². The number of anilines is 1. The zero-order valence-corrected chi connectivity index (χ0v) is 14.9. The summed E-state index contributed by atoms with van der Waals surface area (Å²) in [6, 6.07) is 13.7. The summed E-state index contributed by atoms with van der Waals surface area (Å²) in [5.41, 5.74) is 7.66. The van der Waals surface area contributed by atoms with E-state index in [1.165, 1.54) is 23.5 Å². The molecule has 0 aliphatic rings. The molecule has 3 rings (SSSR count). The smallest absolute Gasteiger partial charge is 0.263 e. The number of hydrogen-bond acceptors (Lipinski definition) is 5. The lowest BCUT2D eigenvalue weighted by Crippen LogP contribution is -2.16. The molecule has 6 nitrogen and oxygen atoms in total. The lowest BCUT2D eigenvalue weighted by Gasteiger charge is -2.08. The summed E-state index contributed by atoms with van der Waals surface area (Å²) < 4.78 is 27.5. The summed E-state index contributed by atoms with van der Waals surface area (Å²) in [6.45, 7) is 1.69. The van der Waals surface area contributed by atoms with E-state index < -0.39 is 15.9 Å². The van der Waals surface area contributed by atoms with Gasteiger partial charge in [-0.25, -0.2) is 13.4 Å². The van der Waals surface area contributed by atoms with Crippen LogP contribution in [0.4, 0.5) is 5.13 Å². The van der Waals surface area contributed by atoms with Gasteiger partial charge in [0.15, 0.2) is 5.13 Å². The van der Waals surface area contributed by atoms with Gasteiger partial charge in [-0.05, 0) is 24.6 Å². The van der Waals surface area contributed by atoms with Crippen molar-refractivity contribution in [2.75, 3.05) is 4.72 Å². The maximum Gasteiger partial charge on any atom is 0.263 e. The Morgan fingerprint density at radius 1 is 1.16 bits per heavy atom. The molecule has 0 aliphatic carbocycles. The molecule has 2 aromatic carbocycles. The molecule has 128 valence electrons. The van der Waals surface area contributed by atoms with Crippen LogP contribution in [-0.2, 0) is 10.0 Å². The number of aryl methyl sites for hydroxylation is 1. The van der Waals surface area contributed by atoms with Crippen LogP contribution in [0.3, 0.4) is 0 Å². The maximum atomic E-state index is 12.5. The Balaban J connectivity index is 1.89. The molecule has 1 aromatic heterocycles. The van der Waals surface area contributed by atoms with Gasteiger partial charge in [-0.1, -0.05) is 36.4 Å². The van der Waals surface area contributed by atoms with Crippen LogP contribution in [0.1, 0.15) is 15.9 Å². The van der Waals surface area contributed by atoms with Crippen molar-refractivity contribution in [2.45, 2.75) is 11.8 Å². The minimum absolute atomic E-state index is 0.0386. The largest absolute Gasteiger partial charge is 0.366 e. The zero-order valence-electron chi connectivity index (χ0n) is 13.3. The first kappa shape index (κ1) is 17.1. The number of thiazole rings is 1. The van der Waals surface area contributed by atoms with E-state index in [-0.39, 0.29) is 15.6 Å². The van der Waals surface area contributed by atoms with Crippen molar-refractivity contribution < 1.29 is 13.2 Å². The highest BCUT2D eigenvalue weighted by Crippen LogP contribution is 2.26. The third kappa shape index (κ3) is 3.70. The third-order valence-electron chi connectivity index (χ3n) is 3.58. The minimum atomic E-state index is -3.86. The summed E-state index contributed by atoms with van der Waals surface area (Å²) >= 11 is 1.19. The number of sulfonamides is 1. The van der Waals surface area contributed by atoms with Crippen molar-refractivity contribution >= 4 is 32.4 Å². The average Bonchev–Trinajstić information content (AvgIpc) is 3.03. The Morgan fingerprint density at radius 3 is 2.56 bits per heavy atom. The Hall–Kier alpha value is -2.71. The summed E-state index contributed by atoms with van der Waals surface area (Å²) in [6.07, 6.45) is 0. The zero-order chi connectivity index (χ0) is 18.0. The van der Waals surface area contributed by atoms with Crippen molar-refractivity contribution in [3.8, 4) is 11.3 Å². The molecule has 0 unspecified atom stereocenters. The van der Waals surface area contributed by atoms with Gasteiger partial charge in [0.1, 0.15) is 0 Å². The van der Waals surface area contributed by atoms with Crippen LogP contribution >= 0.6 is 11.3 Å². The van der Waals surface area contributed by atoms with Gasteiger partial charge < -0.3 is 5.73 Å². The van der Waals surface area contributed by atoms with Crippen LogP contribution < -0.4 is 10.5 Å². The fraction of sp³-hybridized carbons (Fsp3) is 0.0588. The lowest BCUT2D eigenvalue weighted by molar-refractivity contribution is 0.0999. The van der Waals surface area contributed by atoms with Gasteiger partial charge in [-0.15, -0.1) is 11.3 Å². The standard InChI is InChI=1S/C17H15N3O3S2/c1-11-7-8-13(9-14(11)16(18)21)25(22,23)20-17-19-15(10-24-17)12-5-3-2-4-6-12/h2-10H,1H3,(H2,18,21)(H,19,20). The van der Waals surface area contributed by atoms with Gasteiger partial charge in [0.2, 0.25) is 5.91 Å². The van der Waals surface area contributed by atoms with E-state index in [0.29, 0.717) is 11.3 Å². The number of carbonyl (C=O) groups excluding carboxylic acids is 1. The van der Waals surface area contributed by atoms with Gasteiger partial charge in [0, 0.05) is 16.5 Å². The minimum Gasteiger partial charge on any atom is -0.366 e. The Labute approximate surface area is 149 Å². The molecule has 1 heterocycles. The van der Waals surface area contributed by atoms with Gasteiger partial charge >= 0.3 is 0 Å². The monoisotopic (exact) mass is 373 g/mol. The van der Waals surface area contributed by atoms with Crippen molar-refractivity contribution in [3.05, 3.63) is 65.0 Å². The van der Waals surface area contributed by atoms with Gasteiger partial charge in [-0.3, -0.25) is 9.52 Å². The molecule has 3 aromatic rings. The number of hydrogen-bond donors (Lipinski definition) is 2. The topological polar surface area (TPSA) is 102 Å². The number of aromatic nitrogens is 1. The highest BCUT2D eigenvalue weighted by Gasteiger charge is 2.19. The normalized spacial score (nSPS) is 11.2. The summed E-state index contributed by atoms with van der Waals surface area (Å²) in [5.74, 6) is -0.671. The van der Waals surface area contributed by atoms with Crippen LogP contribution in [0.5, 0.6) is 0 Å². The van der Waals surface area contributed by atoms with E-state index in [1.807, 2.05) is 30.3 Å². The van der Waals surface area contributed by atoms with Gasteiger partial charge in [-0.2, -0.15) is 0 Å². The molecule has 8 heteroatoms. The van der Waals surface area contributed by atoms with Crippen LogP contribution in [0.2, 0.25) is 0 Å². The summed E-state index contributed by atoms with van der Waals surface area (Å²) in [5, 5.41) is 2.03. The number of nitrogens with two attached hydrogens (primary N) is 1. The predicted octanol–water partition coefficient (Wildman–Crippen LogP) is 3.02. The van der Waals surface area contributed by atoms with Crippen molar-refractivity contribution in [1.82, 2.24) is 4.98 Å². The Morgan fingerprint density at radius 2 is 1.88 bits per heavy atom. The predicted molar refractivity (Wildman–Crippen MR) is 98.1 cm³/mol. The quantitative estimate of drug-likeness (QED) is 0.717. The van der Waals surface area contributed by atoms with Crippen molar-refractivity contribution in [2.24, 2.45) is 5.73 Å². The first-order valence-electron chi connectivity index (χ1n) is 7.31. The molecule has 0 bridgehead atoms. The van der Waals surface area contributed by atoms with E-state index in [9.17, 15) is 13.2 Å². The number of benzene rings is 2. The fourth-order valence-electron chi connectivity index (χ4n) is 2.27. The number of rotatable bonds is 5. The first-order chi connectivity index (χ1) is 11.9. The van der Waals surface area contributed by atoms with Crippen LogP contribution in [-0.4, -0.2) is 19.3 Å². The van der Waals surface area contributed by atoms with E-state index in [0.717, 1.165) is 5.56 Å². The first-order valence-corrected chi connectivity index (χ1v) is 9.67. The number of nitrogens with zero attached hydrogens (tertiary/aromatic N) is 1. The van der Waals surface area contributed by atoms with E-state index in [4.69, 9.17) is 5.73 Å². The molecule has 0 aliphatic heterocycles. The average molecular weight is 373 g/mol. The van der Waals surface area contributed by atoms with Crippen LogP contribution in [0.25, 0.3) is 11.3 Å². The lowest BCUT2D eigenvalue weighted by atomic mass is 10.1. The maximum absolute atomic E-state index is 12.5. The Kier molecular flexibility index (Phi) is 4.56. The molecule has 0 spiro atoms. The molecule has 0 radical (unpaired) electrons. The van der Waals surface area contributed by atoms with Crippen LogP contribution in [0, 0.1) is 6.92 Å². The molecule has 25 heavy (non-hydrogen) atoms. The molecular formula is C17H15N3O3S2. The van der Waals surface area contributed by atoms with E-state index >= 15 is 0 Å². The highest BCUT2D eigenvalue weighted by atomic mass is 32.2. The van der Waals surface area contributed by atoms with Gasteiger partial charge in [0.25, 0.3) is 10.0 Å². The molecular weight excluding hydrogens is 358 g/mol. The molecule has 0 saturated carbocycles. The SMILES string of the molecule is Cc1ccc(S(=O)(=O)Nc2nc(-c3ccccc3)cs2)cc1C(N)=O. The number of nitrogens with one attached hydrogen (secondary N) is 1. The van der Waals surface area contributed by atoms with Crippen molar-refractivity contribution in [3.63, 3.8) is 0 Å². The second kappa shape index (κ2) is 6.66. The fourth-order valence-corrected chi connectivity index (χ4v) is 4.27. The second-order valence-electron chi connectivity index (χ2n) is 5.35. The molecule has 0 atom stereocenters. The van der Waals surface area contributed by atoms with Crippen LogP contribution in [0.15, 0.2) is 58.8 Å². The second-order valence-corrected chi connectivity index (χ2v) is 7.89. The van der Waals surface area contributed by atoms with E-state index in [1.54, 1.807) is 18.4 Å². The van der Waals surface area contributed by atoms with Crippen molar-refractivity contribution in [1.29, 1.82) is 0 Å².